The van der Waals surface area contributed by atoms with E-state index in [9.17, 15) is 0 Å². The van der Waals surface area contributed by atoms with Gasteiger partial charge in [-0.05, 0) is 52.0 Å². The average Bonchev–Trinajstić information content (AvgIpc) is 2.29. The van der Waals surface area contributed by atoms with Gasteiger partial charge in [-0.15, -0.1) is 0 Å². The van der Waals surface area contributed by atoms with Crippen LogP contribution in [0.15, 0.2) is 0 Å². The topological polar surface area (TPSA) is 21.7 Å². The van der Waals surface area contributed by atoms with E-state index in [0.29, 0.717) is 11.5 Å². The van der Waals surface area contributed by atoms with E-state index < -0.39 is 0 Å². The molecule has 0 heterocycles. The zero-order valence-corrected chi connectivity index (χ0v) is 12.9. The Hall–Kier alpha value is -0.120. The van der Waals surface area contributed by atoms with Crippen LogP contribution in [0.5, 0.6) is 0 Å². The summed E-state index contributed by atoms with van der Waals surface area (Å²) in [7, 11) is 2.20. The Morgan fingerprint density at radius 1 is 1.11 bits per heavy atom. The summed E-state index contributed by atoms with van der Waals surface area (Å²) in [6.07, 6.45) is 5.19. The molecule has 0 radical (unpaired) electrons. The molecule has 108 valence electrons. The quantitative estimate of drug-likeness (QED) is 0.653. The van der Waals surface area contributed by atoms with Crippen molar-refractivity contribution >= 4 is 0 Å². The van der Waals surface area contributed by atoms with Crippen molar-refractivity contribution in [1.29, 1.82) is 0 Å². The van der Waals surface area contributed by atoms with Crippen LogP contribution in [0.1, 0.15) is 53.4 Å². The number of rotatable bonds is 7. The molecule has 1 aliphatic carbocycles. The first-order chi connectivity index (χ1) is 8.48. The normalized spacial score (nSPS) is 20.8. The minimum Gasteiger partial charge on any atom is -0.352 e. The first-order valence-corrected chi connectivity index (χ1v) is 7.42. The van der Waals surface area contributed by atoms with E-state index in [0.717, 1.165) is 19.8 Å². The maximum atomic E-state index is 5.62. The number of ether oxygens (including phenoxy) is 2. The fourth-order valence-electron chi connectivity index (χ4n) is 2.73. The van der Waals surface area contributed by atoms with Crippen molar-refractivity contribution in [1.82, 2.24) is 4.90 Å². The molecule has 0 aromatic carbocycles. The van der Waals surface area contributed by atoms with E-state index in [1.807, 2.05) is 13.8 Å². The van der Waals surface area contributed by atoms with Gasteiger partial charge in [0.25, 0.3) is 0 Å². The molecule has 0 aliphatic heterocycles. The molecule has 1 aliphatic rings. The van der Waals surface area contributed by atoms with Crippen molar-refractivity contribution in [2.45, 2.75) is 65.7 Å². The SMILES string of the molecule is CCOC(CN(C)C1CCC(C)(C)CC1)OCC. The summed E-state index contributed by atoms with van der Waals surface area (Å²) in [5.41, 5.74) is 0.538. The Kier molecular flexibility index (Phi) is 6.61. The monoisotopic (exact) mass is 257 g/mol. The molecule has 3 heteroatoms. The first-order valence-electron chi connectivity index (χ1n) is 7.42. The van der Waals surface area contributed by atoms with E-state index in [4.69, 9.17) is 9.47 Å². The maximum Gasteiger partial charge on any atom is 0.170 e. The molecular formula is C15H31NO2. The number of hydrogen-bond acceptors (Lipinski definition) is 3. The lowest BCUT2D eigenvalue weighted by Gasteiger charge is -2.39. The van der Waals surface area contributed by atoms with Crippen LogP contribution in [-0.4, -0.2) is 44.0 Å². The summed E-state index contributed by atoms with van der Waals surface area (Å²) in [6.45, 7) is 11.1. The van der Waals surface area contributed by atoms with Crippen LogP contribution in [0.25, 0.3) is 0 Å². The van der Waals surface area contributed by atoms with E-state index in [1.54, 1.807) is 0 Å². The molecule has 0 N–H and O–H groups in total. The highest BCUT2D eigenvalue weighted by Crippen LogP contribution is 2.36. The highest BCUT2D eigenvalue weighted by molar-refractivity contribution is 4.83. The van der Waals surface area contributed by atoms with Crippen LogP contribution in [0.3, 0.4) is 0 Å². The van der Waals surface area contributed by atoms with Gasteiger partial charge >= 0.3 is 0 Å². The predicted molar refractivity (Wildman–Crippen MR) is 75.7 cm³/mol. The molecule has 0 atom stereocenters. The van der Waals surface area contributed by atoms with Gasteiger partial charge in [0.1, 0.15) is 0 Å². The third-order valence-electron chi connectivity index (χ3n) is 4.07. The fourth-order valence-corrected chi connectivity index (χ4v) is 2.73. The Labute approximate surface area is 113 Å². The van der Waals surface area contributed by atoms with Gasteiger partial charge in [-0.25, -0.2) is 0 Å². The van der Waals surface area contributed by atoms with Crippen molar-refractivity contribution in [3.05, 3.63) is 0 Å². The maximum absolute atomic E-state index is 5.62. The molecule has 0 saturated heterocycles. The van der Waals surface area contributed by atoms with Crippen LogP contribution in [-0.2, 0) is 9.47 Å². The van der Waals surface area contributed by atoms with Gasteiger partial charge in [-0.1, -0.05) is 13.8 Å². The average molecular weight is 257 g/mol. The van der Waals surface area contributed by atoms with E-state index in [1.165, 1.54) is 25.7 Å². The van der Waals surface area contributed by atoms with E-state index in [-0.39, 0.29) is 6.29 Å². The van der Waals surface area contributed by atoms with Gasteiger partial charge in [-0.3, -0.25) is 4.90 Å². The lowest BCUT2D eigenvalue weighted by Crippen LogP contribution is -2.42. The standard InChI is InChI=1S/C15H31NO2/c1-6-17-14(18-7-2)12-16(5)13-8-10-15(3,4)11-9-13/h13-14H,6-12H2,1-5H3. The molecule has 1 saturated carbocycles. The Morgan fingerprint density at radius 3 is 2.06 bits per heavy atom. The molecule has 3 nitrogen and oxygen atoms in total. The summed E-state index contributed by atoms with van der Waals surface area (Å²) in [5.74, 6) is 0. The molecule has 0 aromatic rings. The van der Waals surface area contributed by atoms with Crippen molar-refractivity contribution < 1.29 is 9.47 Å². The molecule has 0 bridgehead atoms. The molecule has 0 aromatic heterocycles. The molecule has 0 amide bonds. The molecule has 0 unspecified atom stereocenters. The van der Waals surface area contributed by atoms with Gasteiger partial charge in [0.05, 0.1) is 0 Å². The molecule has 1 rings (SSSR count). The predicted octanol–water partition coefficient (Wildman–Crippen LogP) is 3.29. The second-order valence-electron chi connectivity index (χ2n) is 6.18. The second kappa shape index (κ2) is 7.46. The zero-order valence-electron chi connectivity index (χ0n) is 12.9. The van der Waals surface area contributed by atoms with Crippen molar-refractivity contribution in [3.63, 3.8) is 0 Å². The van der Waals surface area contributed by atoms with Gasteiger partial charge in [0.2, 0.25) is 0 Å². The molecular weight excluding hydrogens is 226 g/mol. The molecule has 0 spiro atoms. The van der Waals surface area contributed by atoms with Gasteiger partial charge in [-0.2, -0.15) is 0 Å². The highest BCUT2D eigenvalue weighted by atomic mass is 16.7. The van der Waals surface area contributed by atoms with Crippen LogP contribution >= 0.6 is 0 Å². The van der Waals surface area contributed by atoms with Crippen molar-refractivity contribution in [3.8, 4) is 0 Å². The number of hydrogen-bond donors (Lipinski definition) is 0. The van der Waals surface area contributed by atoms with Gasteiger partial charge < -0.3 is 9.47 Å². The Bertz CT molecular complexity index is 215. The van der Waals surface area contributed by atoms with Crippen LogP contribution in [0.2, 0.25) is 0 Å². The lowest BCUT2D eigenvalue weighted by molar-refractivity contribution is -0.149. The first kappa shape index (κ1) is 15.9. The van der Waals surface area contributed by atoms with E-state index in [2.05, 4.69) is 25.8 Å². The number of nitrogens with zero attached hydrogens (tertiary/aromatic N) is 1. The van der Waals surface area contributed by atoms with E-state index >= 15 is 0 Å². The fraction of sp³-hybridized carbons (Fsp3) is 1.00. The van der Waals surface area contributed by atoms with Gasteiger partial charge in [0.15, 0.2) is 6.29 Å². The zero-order chi connectivity index (χ0) is 13.6. The van der Waals surface area contributed by atoms with Crippen LogP contribution < -0.4 is 0 Å². The van der Waals surface area contributed by atoms with Crippen molar-refractivity contribution in [2.75, 3.05) is 26.8 Å². The Balaban J connectivity index is 2.37. The number of likely N-dealkylation sites (N-methyl/N-ethyl adjacent to an activating group) is 1. The second-order valence-corrected chi connectivity index (χ2v) is 6.18. The third-order valence-corrected chi connectivity index (χ3v) is 4.07. The van der Waals surface area contributed by atoms with Crippen molar-refractivity contribution in [2.24, 2.45) is 5.41 Å². The molecule has 1 fully saturated rings. The third kappa shape index (κ3) is 5.25. The summed E-state index contributed by atoms with van der Waals surface area (Å²) >= 11 is 0. The summed E-state index contributed by atoms with van der Waals surface area (Å²) in [6, 6.07) is 0.696. The highest BCUT2D eigenvalue weighted by Gasteiger charge is 2.29. The van der Waals surface area contributed by atoms with Crippen LogP contribution in [0.4, 0.5) is 0 Å². The Morgan fingerprint density at radius 2 is 1.61 bits per heavy atom. The summed E-state index contributed by atoms with van der Waals surface area (Å²) < 4.78 is 11.2. The van der Waals surface area contributed by atoms with Crippen LogP contribution in [0, 0.1) is 5.41 Å². The summed E-state index contributed by atoms with van der Waals surface area (Å²) in [4.78, 5) is 2.42. The minimum absolute atomic E-state index is 0.0695. The van der Waals surface area contributed by atoms with Gasteiger partial charge in [0, 0.05) is 25.8 Å². The molecule has 18 heavy (non-hydrogen) atoms. The smallest absolute Gasteiger partial charge is 0.170 e. The summed E-state index contributed by atoms with van der Waals surface area (Å²) in [5, 5.41) is 0. The largest absolute Gasteiger partial charge is 0.352 e. The minimum atomic E-state index is -0.0695. The lowest BCUT2D eigenvalue weighted by atomic mass is 9.75.